The van der Waals surface area contributed by atoms with Gasteiger partial charge < -0.3 is 9.84 Å². The molecule has 6 rings (SSSR count). The van der Waals surface area contributed by atoms with E-state index in [4.69, 9.17) is 4.74 Å². The summed E-state index contributed by atoms with van der Waals surface area (Å²) in [5.41, 5.74) is 3.27. The Bertz CT molecular complexity index is 1860. The average molecular weight is 622 g/mol. The fraction of sp³-hybridized carbons (Fsp3) is 0.200. The molecule has 0 radical (unpaired) electrons. The monoisotopic (exact) mass is 621 g/mol. The molecule has 0 bridgehead atoms. The lowest BCUT2D eigenvalue weighted by atomic mass is 9.95. The van der Waals surface area contributed by atoms with Crippen molar-refractivity contribution >= 4 is 56.5 Å². The Morgan fingerprint density at radius 3 is 2.57 bits per heavy atom. The maximum atomic E-state index is 13.7. The lowest BCUT2D eigenvalue weighted by molar-refractivity contribution is -0.132. The number of aryl methyl sites for hydroxylation is 1. The van der Waals surface area contributed by atoms with Gasteiger partial charge in [0.1, 0.15) is 11.5 Å². The van der Waals surface area contributed by atoms with E-state index in [9.17, 15) is 14.7 Å². The highest BCUT2D eigenvalue weighted by Gasteiger charge is 2.48. The number of amides is 1. The molecule has 1 aliphatic rings. The predicted molar refractivity (Wildman–Crippen MR) is 176 cm³/mol. The zero-order valence-corrected chi connectivity index (χ0v) is 26.0. The summed E-state index contributed by atoms with van der Waals surface area (Å²) in [5, 5.41) is 22.8. The molecule has 1 fully saturated rings. The zero-order chi connectivity index (χ0) is 30.6. The molecule has 2 heterocycles. The molecular formula is C35H31N3O4S2. The van der Waals surface area contributed by atoms with Crippen LogP contribution in [0.2, 0.25) is 0 Å². The number of ketones is 1. The molecule has 1 atom stereocenters. The van der Waals surface area contributed by atoms with Gasteiger partial charge in [-0.25, -0.2) is 0 Å². The summed E-state index contributed by atoms with van der Waals surface area (Å²) < 4.78 is 6.62. The lowest BCUT2D eigenvalue weighted by Crippen LogP contribution is -2.29. The Labute approximate surface area is 264 Å². The van der Waals surface area contributed by atoms with E-state index in [2.05, 4.69) is 41.4 Å². The van der Waals surface area contributed by atoms with Crippen molar-refractivity contribution in [1.82, 2.24) is 10.2 Å². The Morgan fingerprint density at radius 2 is 1.75 bits per heavy atom. The molecule has 0 saturated carbocycles. The maximum Gasteiger partial charge on any atom is 0.301 e. The number of ether oxygens (including phenoxy) is 1. The SMILES string of the molecule is CCCCOc1cccc(C2/C(=C(\O)c3ccc(C)cc3)C(=O)C(=O)N2c2nnc(SCc3cccc4ccccc34)s2)c1. The van der Waals surface area contributed by atoms with Crippen molar-refractivity contribution in [1.29, 1.82) is 0 Å². The summed E-state index contributed by atoms with van der Waals surface area (Å²) in [6.45, 7) is 4.59. The fourth-order valence-electron chi connectivity index (χ4n) is 5.24. The van der Waals surface area contributed by atoms with Crippen LogP contribution in [0.3, 0.4) is 0 Å². The van der Waals surface area contributed by atoms with Crippen molar-refractivity contribution in [3.05, 3.63) is 119 Å². The van der Waals surface area contributed by atoms with Crippen LogP contribution < -0.4 is 9.64 Å². The lowest BCUT2D eigenvalue weighted by Gasteiger charge is -2.23. The summed E-state index contributed by atoms with van der Waals surface area (Å²) in [4.78, 5) is 28.6. The van der Waals surface area contributed by atoms with Crippen molar-refractivity contribution < 1.29 is 19.4 Å². The second-order valence-corrected chi connectivity index (χ2v) is 12.8. The number of anilines is 1. The molecule has 222 valence electrons. The van der Waals surface area contributed by atoms with E-state index in [1.807, 2.05) is 61.5 Å². The molecule has 1 aromatic heterocycles. The number of nitrogens with zero attached hydrogens (tertiary/aromatic N) is 3. The quantitative estimate of drug-likeness (QED) is 0.0421. The van der Waals surface area contributed by atoms with E-state index in [1.54, 1.807) is 12.1 Å². The molecule has 0 spiro atoms. The number of carbonyl (C=O) groups excluding carboxylic acids is 2. The topological polar surface area (TPSA) is 92.6 Å². The Balaban J connectivity index is 1.36. The second kappa shape index (κ2) is 13.0. The van der Waals surface area contributed by atoms with E-state index < -0.39 is 17.7 Å². The fourth-order valence-corrected chi connectivity index (χ4v) is 7.11. The first-order valence-electron chi connectivity index (χ1n) is 14.5. The largest absolute Gasteiger partial charge is 0.507 e. The summed E-state index contributed by atoms with van der Waals surface area (Å²) in [7, 11) is 0. The second-order valence-electron chi connectivity index (χ2n) is 10.6. The summed E-state index contributed by atoms with van der Waals surface area (Å²) in [6.07, 6.45) is 1.90. The molecular weight excluding hydrogens is 591 g/mol. The molecule has 5 aromatic rings. The number of carbonyl (C=O) groups is 2. The Kier molecular flexibility index (Phi) is 8.77. The van der Waals surface area contributed by atoms with Crippen molar-refractivity contribution in [3.63, 3.8) is 0 Å². The van der Waals surface area contributed by atoms with Crippen LogP contribution in [0.1, 0.15) is 48.1 Å². The van der Waals surface area contributed by atoms with Gasteiger partial charge in [-0.1, -0.05) is 121 Å². The first-order valence-corrected chi connectivity index (χ1v) is 16.3. The van der Waals surface area contributed by atoms with Crippen molar-refractivity contribution in [2.24, 2.45) is 0 Å². The number of rotatable bonds is 10. The molecule has 44 heavy (non-hydrogen) atoms. The smallest absolute Gasteiger partial charge is 0.301 e. The van der Waals surface area contributed by atoms with Gasteiger partial charge in [0, 0.05) is 11.3 Å². The van der Waals surface area contributed by atoms with Crippen LogP contribution in [0.4, 0.5) is 5.13 Å². The number of aromatic nitrogens is 2. The van der Waals surface area contributed by atoms with Crippen LogP contribution in [-0.2, 0) is 15.3 Å². The summed E-state index contributed by atoms with van der Waals surface area (Å²) in [5.74, 6) is -0.472. The molecule has 1 N–H and O–H groups in total. The van der Waals surface area contributed by atoms with Gasteiger partial charge >= 0.3 is 5.91 Å². The average Bonchev–Trinajstić information content (AvgIpc) is 3.62. The van der Waals surface area contributed by atoms with Gasteiger partial charge in [-0.15, -0.1) is 10.2 Å². The highest BCUT2D eigenvalue weighted by Crippen LogP contribution is 2.44. The minimum atomic E-state index is -0.908. The first-order chi connectivity index (χ1) is 21.4. The number of Topliss-reactive ketones (excluding diaryl/α,β-unsaturated/α-hetero) is 1. The third kappa shape index (κ3) is 5.98. The van der Waals surface area contributed by atoms with Gasteiger partial charge in [0.05, 0.1) is 18.2 Å². The first kappa shape index (κ1) is 29.6. The number of aliphatic hydroxyl groups is 1. The molecule has 0 aliphatic carbocycles. The van der Waals surface area contributed by atoms with Gasteiger partial charge in [-0.2, -0.15) is 0 Å². The van der Waals surface area contributed by atoms with Crippen LogP contribution in [0, 0.1) is 6.92 Å². The molecule has 1 unspecified atom stereocenters. The maximum absolute atomic E-state index is 13.7. The minimum absolute atomic E-state index is 0.00437. The van der Waals surface area contributed by atoms with Crippen LogP contribution in [0.15, 0.2) is 101 Å². The van der Waals surface area contributed by atoms with Gasteiger partial charge in [0.25, 0.3) is 5.78 Å². The number of benzene rings is 4. The Hall–Kier alpha value is -4.47. The molecule has 1 amide bonds. The predicted octanol–water partition coefficient (Wildman–Crippen LogP) is 8.10. The third-order valence-corrected chi connectivity index (χ3v) is 9.65. The van der Waals surface area contributed by atoms with Gasteiger partial charge in [-0.3, -0.25) is 14.5 Å². The van der Waals surface area contributed by atoms with Crippen LogP contribution in [-0.4, -0.2) is 33.6 Å². The van der Waals surface area contributed by atoms with Gasteiger partial charge in [0.2, 0.25) is 5.13 Å². The molecule has 9 heteroatoms. The van der Waals surface area contributed by atoms with E-state index >= 15 is 0 Å². The normalized spacial score (nSPS) is 16.1. The van der Waals surface area contributed by atoms with Crippen LogP contribution >= 0.6 is 23.1 Å². The van der Waals surface area contributed by atoms with Gasteiger partial charge in [0.15, 0.2) is 4.34 Å². The Morgan fingerprint density at radius 1 is 0.977 bits per heavy atom. The summed E-state index contributed by atoms with van der Waals surface area (Å²) >= 11 is 2.78. The van der Waals surface area contributed by atoms with E-state index in [1.165, 1.54) is 44.3 Å². The van der Waals surface area contributed by atoms with Crippen LogP contribution in [0.5, 0.6) is 5.75 Å². The third-order valence-electron chi connectivity index (χ3n) is 7.54. The number of hydrogen-bond acceptors (Lipinski definition) is 8. The molecule has 1 saturated heterocycles. The molecule has 7 nitrogen and oxygen atoms in total. The van der Waals surface area contributed by atoms with E-state index in [0.717, 1.165) is 18.4 Å². The van der Waals surface area contributed by atoms with Crippen LogP contribution in [0.25, 0.3) is 16.5 Å². The minimum Gasteiger partial charge on any atom is -0.507 e. The van der Waals surface area contributed by atoms with Crippen molar-refractivity contribution in [3.8, 4) is 5.75 Å². The standard InChI is InChI=1S/C35H31N3O4S2/c1-3-4-19-42-27-13-8-11-25(20-27)30-29(31(39)24-17-15-22(2)16-18-24)32(40)33(41)38(30)34-36-37-35(44-34)43-21-26-12-7-10-23-9-5-6-14-28(23)26/h5-18,20,30,39H,3-4,19,21H2,1-2H3/b31-29+. The number of aliphatic hydroxyl groups excluding tert-OH is 1. The number of thioether (sulfide) groups is 1. The van der Waals surface area contributed by atoms with E-state index in [-0.39, 0.29) is 16.5 Å². The van der Waals surface area contributed by atoms with Crippen molar-refractivity contribution in [2.45, 2.75) is 42.8 Å². The van der Waals surface area contributed by atoms with Crippen molar-refractivity contribution in [2.75, 3.05) is 11.5 Å². The molecule has 4 aromatic carbocycles. The van der Waals surface area contributed by atoms with Gasteiger partial charge in [-0.05, 0) is 47.4 Å². The number of fused-ring (bicyclic) bond motifs is 1. The van der Waals surface area contributed by atoms with E-state index in [0.29, 0.717) is 33.6 Å². The highest BCUT2D eigenvalue weighted by atomic mass is 32.2. The summed E-state index contributed by atoms with van der Waals surface area (Å²) in [6, 6.07) is 28.1. The highest BCUT2D eigenvalue weighted by molar-refractivity contribution is 8.00. The zero-order valence-electron chi connectivity index (χ0n) is 24.4. The number of unbranched alkanes of at least 4 members (excludes halogenated alkanes) is 1. The molecule has 1 aliphatic heterocycles. The number of hydrogen-bond donors (Lipinski definition) is 1.